The minimum atomic E-state index is -3.25. The molecule has 86 valence electrons. The van der Waals surface area contributed by atoms with E-state index in [0.29, 0.717) is 12.5 Å². The van der Waals surface area contributed by atoms with Crippen LogP contribution < -0.4 is 5.73 Å². The third-order valence-corrected chi connectivity index (χ3v) is 4.94. The van der Waals surface area contributed by atoms with Crippen molar-refractivity contribution >= 4 is 27.2 Å². The number of nitrogens with zero attached hydrogens (tertiary/aromatic N) is 1. The van der Waals surface area contributed by atoms with E-state index in [1.165, 1.54) is 0 Å². The second-order valence-corrected chi connectivity index (χ2v) is 6.91. The highest BCUT2D eigenvalue weighted by atomic mass is 32.2. The topological polar surface area (TPSA) is 63.4 Å². The third kappa shape index (κ3) is 3.12. The SMILES string of the molecule is NC(=S)CS(=O)(=O)N(CC1CC1)C1CC1. The monoisotopic (exact) mass is 248 g/mol. The lowest BCUT2D eigenvalue weighted by Crippen LogP contribution is -2.39. The van der Waals surface area contributed by atoms with E-state index in [9.17, 15) is 8.42 Å². The molecule has 0 saturated heterocycles. The highest BCUT2D eigenvalue weighted by Crippen LogP contribution is 2.36. The molecule has 0 spiro atoms. The molecule has 6 heteroatoms. The minimum Gasteiger partial charge on any atom is -0.392 e. The van der Waals surface area contributed by atoms with Crippen LogP contribution in [0.3, 0.4) is 0 Å². The van der Waals surface area contributed by atoms with Crippen LogP contribution in [-0.4, -0.2) is 36.1 Å². The van der Waals surface area contributed by atoms with Gasteiger partial charge in [0.15, 0.2) is 0 Å². The Bertz CT molecular complexity index is 358. The van der Waals surface area contributed by atoms with Crippen LogP contribution in [-0.2, 0) is 10.0 Å². The molecule has 0 aromatic heterocycles. The molecular weight excluding hydrogens is 232 g/mol. The molecule has 0 aromatic rings. The standard InChI is InChI=1S/C9H16N2O2S2/c10-9(14)6-15(12,13)11(8-3-4-8)5-7-1-2-7/h7-8H,1-6H2,(H2,10,14). The molecule has 2 fully saturated rings. The van der Waals surface area contributed by atoms with E-state index in [4.69, 9.17) is 5.73 Å². The summed E-state index contributed by atoms with van der Waals surface area (Å²) in [5.74, 6) is 0.401. The summed E-state index contributed by atoms with van der Waals surface area (Å²) in [6, 6.07) is 0.227. The van der Waals surface area contributed by atoms with Gasteiger partial charge in [0.25, 0.3) is 0 Å². The smallest absolute Gasteiger partial charge is 0.220 e. The van der Waals surface area contributed by atoms with Crippen LogP contribution >= 0.6 is 12.2 Å². The zero-order valence-corrected chi connectivity index (χ0v) is 10.2. The van der Waals surface area contributed by atoms with E-state index < -0.39 is 10.0 Å². The molecule has 0 atom stereocenters. The highest BCUT2D eigenvalue weighted by Gasteiger charge is 2.40. The van der Waals surface area contributed by atoms with Crippen LogP contribution in [0.1, 0.15) is 25.7 Å². The van der Waals surface area contributed by atoms with Crippen molar-refractivity contribution in [2.75, 3.05) is 12.3 Å². The largest absolute Gasteiger partial charge is 0.392 e. The normalized spacial score (nSPS) is 21.9. The van der Waals surface area contributed by atoms with Gasteiger partial charge in [-0.05, 0) is 31.6 Å². The van der Waals surface area contributed by atoms with Crippen molar-refractivity contribution < 1.29 is 8.42 Å². The van der Waals surface area contributed by atoms with E-state index in [0.717, 1.165) is 25.7 Å². The number of rotatable bonds is 6. The zero-order valence-electron chi connectivity index (χ0n) is 8.55. The van der Waals surface area contributed by atoms with E-state index in [2.05, 4.69) is 12.2 Å². The van der Waals surface area contributed by atoms with E-state index in [1.54, 1.807) is 4.31 Å². The van der Waals surface area contributed by atoms with Crippen molar-refractivity contribution in [2.24, 2.45) is 11.7 Å². The second-order valence-electron chi connectivity index (χ2n) is 4.47. The number of nitrogens with two attached hydrogens (primary N) is 1. The summed E-state index contributed by atoms with van der Waals surface area (Å²) < 4.78 is 25.5. The van der Waals surface area contributed by atoms with Crippen LogP contribution in [0.5, 0.6) is 0 Å². The average molecular weight is 248 g/mol. The Morgan fingerprint density at radius 3 is 2.33 bits per heavy atom. The Morgan fingerprint density at radius 1 is 1.33 bits per heavy atom. The quantitative estimate of drug-likeness (QED) is 0.694. The average Bonchev–Trinajstić information content (AvgIpc) is 2.94. The zero-order chi connectivity index (χ0) is 11.1. The Labute approximate surface area is 95.9 Å². The summed E-state index contributed by atoms with van der Waals surface area (Å²) in [7, 11) is -3.25. The predicted molar refractivity (Wildman–Crippen MR) is 63.0 cm³/mol. The van der Waals surface area contributed by atoms with Gasteiger partial charge in [-0.25, -0.2) is 8.42 Å². The molecule has 0 aliphatic heterocycles. The molecule has 0 heterocycles. The maximum atomic E-state index is 11.9. The van der Waals surface area contributed by atoms with Crippen molar-refractivity contribution in [3.05, 3.63) is 0 Å². The van der Waals surface area contributed by atoms with Crippen LogP contribution in [0.25, 0.3) is 0 Å². The van der Waals surface area contributed by atoms with Gasteiger partial charge in [-0.2, -0.15) is 4.31 Å². The molecule has 2 saturated carbocycles. The van der Waals surface area contributed by atoms with Crippen molar-refractivity contribution in [3.8, 4) is 0 Å². The van der Waals surface area contributed by atoms with E-state index in [1.807, 2.05) is 0 Å². The molecule has 0 radical (unpaired) electrons. The summed E-state index contributed by atoms with van der Waals surface area (Å²) >= 11 is 4.67. The molecule has 15 heavy (non-hydrogen) atoms. The van der Waals surface area contributed by atoms with Gasteiger partial charge >= 0.3 is 0 Å². The number of hydrogen-bond donors (Lipinski definition) is 1. The van der Waals surface area contributed by atoms with Gasteiger partial charge in [0, 0.05) is 12.6 Å². The highest BCUT2D eigenvalue weighted by molar-refractivity contribution is 7.92. The summed E-state index contributed by atoms with van der Waals surface area (Å²) in [5, 5.41) is 0. The van der Waals surface area contributed by atoms with Crippen LogP contribution in [0.2, 0.25) is 0 Å². The molecule has 2 aliphatic carbocycles. The van der Waals surface area contributed by atoms with Gasteiger partial charge in [0.1, 0.15) is 5.75 Å². The Balaban J connectivity index is 2.04. The summed E-state index contributed by atoms with van der Waals surface area (Å²) in [6.07, 6.45) is 4.30. The molecule has 2 N–H and O–H groups in total. The van der Waals surface area contributed by atoms with Crippen LogP contribution in [0.15, 0.2) is 0 Å². The molecular formula is C9H16N2O2S2. The first-order valence-electron chi connectivity index (χ1n) is 5.27. The number of hydrogen-bond acceptors (Lipinski definition) is 3. The van der Waals surface area contributed by atoms with Crippen molar-refractivity contribution in [3.63, 3.8) is 0 Å². The third-order valence-electron chi connectivity index (χ3n) is 2.77. The first-order chi connectivity index (χ1) is 6.99. The Hall–Kier alpha value is -0.200. The lowest BCUT2D eigenvalue weighted by molar-refractivity contribution is 0.391. The van der Waals surface area contributed by atoms with Gasteiger partial charge in [-0.15, -0.1) is 0 Å². The van der Waals surface area contributed by atoms with Gasteiger partial charge in [-0.3, -0.25) is 0 Å². The first-order valence-corrected chi connectivity index (χ1v) is 7.28. The maximum absolute atomic E-state index is 11.9. The van der Waals surface area contributed by atoms with Crippen molar-refractivity contribution in [1.29, 1.82) is 0 Å². The van der Waals surface area contributed by atoms with Gasteiger partial charge in [0.05, 0.1) is 4.99 Å². The molecule has 0 bridgehead atoms. The number of sulfonamides is 1. The summed E-state index contributed by atoms with van der Waals surface area (Å²) in [5.41, 5.74) is 5.31. The molecule has 0 unspecified atom stereocenters. The Morgan fingerprint density at radius 2 is 1.93 bits per heavy atom. The van der Waals surface area contributed by atoms with E-state index >= 15 is 0 Å². The predicted octanol–water partition coefficient (Wildman–Crippen LogP) is 0.477. The van der Waals surface area contributed by atoms with Gasteiger partial charge in [0.2, 0.25) is 10.0 Å². The molecule has 0 aromatic carbocycles. The lowest BCUT2D eigenvalue weighted by atomic mass is 10.4. The van der Waals surface area contributed by atoms with Crippen molar-refractivity contribution in [2.45, 2.75) is 31.7 Å². The van der Waals surface area contributed by atoms with Gasteiger partial charge in [-0.1, -0.05) is 12.2 Å². The lowest BCUT2D eigenvalue weighted by Gasteiger charge is -2.21. The fraction of sp³-hybridized carbons (Fsp3) is 0.889. The maximum Gasteiger partial charge on any atom is 0.220 e. The fourth-order valence-electron chi connectivity index (χ4n) is 1.67. The second kappa shape index (κ2) is 3.99. The summed E-state index contributed by atoms with van der Waals surface area (Å²) in [6.45, 7) is 0.676. The van der Waals surface area contributed by atoms with Gasteiger partial charge < -0.3 is 5.73 Å². The van der Waals surface area contributed by atoms with E-state index in [-0.39, 0.29) is 16.8 Å². The first kappa shape index (κ1) is 11.3. The Kier molecular flexibility index (Phi) is 3.00. The van der Waals surface area contributed by atoms with Crippen molar-refractivity contribution in [1.82, 2.24) is 4.31 Å². The molecule has 2 aliphatic rings. The fourth-order valence-corrected chi connectivity index (χ4v) is 3.75. The molecule has 4 nitrogen and oxygen atoms in total. The molecule has 2 rings (SSSR count). The summed E-state index contributed by atoms with van der Waals surface area (Å²) in [4.78, 5) is 0.0662. The number of thiocarbonyl (C=S) groups is 1. The molecule has 0 amide bonds. The van der Waals surface area contributed by atoms with Crippen LogP contribution in [0.4, 0.5) is 0 Å². The van der Waals surface area contributed by atoms with Crippen LogP contribution in [0, 0.1) is 5.92 Å². The minimum absolute atomic E-state index is 0.0662.